The van der Waals surface area contributed by atoms with Crippen LogP contribution >= 0.6 is 0 Å². The number of hydrogen-bond donors (Lipinski definition) is 0. The van der Waals surface area contributed by atoms with Crippen LogP contribution in [0.2, 0.25) is 19.6 Å². The first kappa shape index (κ1) is 21.2. The number of furan rings is 1. The molecular weight excluding hydrogens is 420 g/mol. The van der Waals surface area contributed by atoms with E-state index in [1.807, 2.05) is 44.4 Å². The first-order valence-corrected chi connectivity index (χ1v) is 14.7. The molecule has 0 atom stereocenters. The van der Waals surface area contributed by atoms with Gasteiger partial charge in [0.2, 0.25) is 5.69 Å². The van der Waals surface area contributed by atoms with Gasteiger partial charge in [-0.25, -0.2) is 4.57 Å². The highest BCUT2D eigenvalue weighted by Crippen LogP contribution is 2.40. The van der Waals surface area contributed by atoms with Gasteiger partial charge in [0.25, 0.3) is 0 Å². The van der Waals surface area contributed by atoms with E-state index in [0.29, 0.717) is 5.56 Å². The van der Waals surface area contributed by atoms with Crippen molar-refractivity contribution in [3.8, 4) is 28.5 Å². The molecule has 33 heavy (non-hydrogen) atoms. The van der Waals surface area contributed by atoms with Gasteiger partial charge in [0.05, 0.1) is 25.3 Å². The van der Waals surface area contributed by atoms with Crippen LogP contribution in [0.1, 0.15) is 11.1 Å². The molecule has 162 valence electrons. The van der Waals surface area contributed by atoms with Crippen molar-refractivity contribution in [1.82, 2.24) is 0 Å². The quantitative estimate of drug-likeness (QED) is 0.235. The molecule has 5 rings (SSSR count). The van der Waals surface area contributed by atoms with E-state index < -0.39 is 8.07 Å². The maximum Gasteiger partial charge on any atom is 0.216 e. The average Bonchev–Trinajstić information content (AvgIpc) is 3.17. The summed E-state index contributed by atoms with van der Waals surface area (Å²) in [5.74, 6) is 0. The van der Waals surface area contributed by atoms with Crippen LogP contribution in [0.15, 0.2) is 77.3 Å². The second-order valence-electron chi connectivity index (χ2n) is 9.77. The molecule has 0 unspecified atom stereocenters. The third-order valence-electron chi connectivity index (χ3n) is 6.46. The number of fused-ring (bicyclic) bond motifs is 3. The number of rotatable bonds is 3. The molecule has 0 radical (unpaired) electrons. The molecule has 0 spiro atoms. The fourth-order valence-electron chi connectivity index (χ4n) is 4.61. The average molecular weight is 448 g/mol. The Labute approximate surface area is 195 Å². The standard InChI is InChI=1S/C29H27N2OSi/c1-19-16-22(18-30)28-24-17-21(20-9-12-23(13-10-20)33(3,4)5)11-14-26(24)32-29(28)27(19)25-8-6-7-15-31(25)2/h6-17H,1-5H3/q+1. The summed E-state index contributed by atoms with van der Waals surface area (Å²) in [6.45, 7) is 9.13. The molecule has 0 fully saturated rings. The van der Waals surface area contributed by atoms with Gasteiger partial charge in [-0.05, 0) is 47.9 Å². The maximum atomic E-state index is 9.95. The minimum atomic E-state index is -1.34. The highest BCUT2D eigenvalue weighted by molar-refractivity contribution is 6.88. The molecule has 4 heteroatoms. The number of aromatic nitrogens is 1. The van der Waals surface area contributed by atoms with Crippen LogP contribution in [0.25, 0.3) is 44.3 Å². The number of nitrogens with zero attached hydrogens (tertiary/aromatic N) is 2. The minimum absolute atomic E-state index is 0.648. The lowest BCUT2D eigenvalue weighted by Crippen LogP contribution is -2.37. The summed E-state index contributed by atoms with van der Waals surface area (Å²) in [5, 5.41) is 13.3. The normalized spacial score (nSPS) is 11.8. The van der Waals surface area contributed by atoms with Crippen molar-refractivity contribution in [2.45, 2.75) is 26.6 Å². The molecular formula is C29H27N2OSi+. The summed E-state index contributed by atoms with van der Waals surface area (Å²) in [6, 6.07) is 25.8. The number of hydrogen-bond acceptors (Lipinski definition) is 2. The van der Waals surface area contributed by atoms with Crippen LogP contribution in [-0.4, -0.2) is 8.07 Å². The van der Waals surface area contributed by atoms with E-state index in [2.05, 4.69) is 72.7 Å². The summed E-state index contributed by atoms with van der Waals surface area (Å²) in [4.78, 5) is 0. The predicted octanol–water partition coefficient (Wildman–Crippen LogP) is 6.47. The van der Waals surface area contributed by atoms with Crippen molar-refractivity contribution in [2.75, 3.05) is 0 Å². The second kappa shape index (κ2) is 7.72. The fraction of sp³-hybridized carbons (Fsp3) is 0.172. The number of nitriles is 1. The third-order valence-corrected chi connectivity index (χ3v) is 8.52. The Morgan fingerprint density at radius 1 is 0.909 bits per heavy atom. The second-order valence-corrected chi connectivity index (χ2v) is 14.8. The number of aryl methyl sites for hydroxylation is 2. The summed E-state index contributed by atoms with van der Waals surface area (Å²) < 4.78 is 8.50. The van der Waals surface area contributed by atoms with Gasteiger partial charge in [-0.2, -0.15) is 5.26 Å². The Kier molecular flexibility index (Phi) is 4.95. The van der Waals surface area contributed by atoms with Gasteiger partial charge in [0, 0.05) is 22.9 Å². The van der Waals surface area contributed by atoms with Crippen molar-refractivity contribution in [3.05, 3.63) is 84.1 Å². The summed E-state index contributed by atoms with van der Waals surface area (Å²) >= 11 is 0. The Bertz CT molecular complexity index is 1560. The lowest BCUT2D eigenvalue weighted by molar-refractivity contribution is -0.660. The first-order valence-electron chi connectivity index (χ1n) is 11.2. The summed E-state index contributed by atoms with van der Waals surface area (Å²) in [5.41, 5.74) is 7.65. The fourth-order valence-corrected chi connectivity index (χ4v) is 5.78. The lowest BCUT2D eigenvalue weighted by atomic mass is 9.95. The van der Waals surface area contributed by atoms with Gasteiger partial charge in [-0.3, -0.25) is 0 Å². The molecule has 0 aliphatic carbocycles. The van der Waals surface area contributed by atoms with Crippen LogP contribution in [0, 0.1) is 18.3 Å². The van der Waals surface area contributed by atoms with E-state index >= 15 is 0 Å². The lowest BCUT2D eigenvalue weighted by Gasteiger charge is -2.16. The molecule has 0 aliphatic rings. The van der Waals surface area contributed by atoms with Gasteiger partial charge in [0.15, 0.2) is 11.8 Å². The van der Waals surface area contributed by atoms with E-state index in [1.54, 1.807) is 0 Å². The van der Waals surface area contributed by atoms with Gasteiger partial charge in [0.1, 0.15) is 12.6 Å². The van der Waals surface area contributed by atoms with E-state index in [9.17, 15) is 5.26 Å². The molecule has 0 aliphatic heterocycles. The topological polar surface area (TPSA) is 40.8 Å². The van der Waals surface area contributed by atoms with E-state index in [1.165, 1.54) is 10.8 Å². The van der Waals surface area contributed by atoms with Gasteiger partial charge in [-0.15, -0.1) is 0 Å². The monoisotopic (exact) mass is 447 g/mol. The maximum absolute atomic E-state index is 9.95. The molecule has 2 heterocycles. The van der Waals surface area contributed by atoms with Crippen LogP contribution in [0.3, 0.4) is 0 Å². The van der Waals surface area contributed by atoms with Crippen molar-refractivity contribution in [2.24, 2.45) is 7.05 Å². The van der Waals surface area contributed by atoms with Crippen molar-refractivity contribution < 1.29 is 8.98 Å². The smallest absolute Gasteiger partial charge is 0.216 e. The highest BCUT2D eigenvalue weighted by atomic mass is 28.3. The zero-order valence-electron chi connectivity index (χ0n) is 19.7. The molecule has 3 aromatic carbocycles. The van der Waals surface area contributed by atoms with Crippen molar-refractivity contribution in [3.63, 3.8) is 0 Å². The van der Waals surface area contributed by atoms with E-state index in [0.717, 1.165) is 44.3 Å². The molecule has 0 N–H and O–H groups in total. The highest BCUT2D eigenvalue weighted by Gasteiger charge is 2.23. The zero-order chi connectivity index (χ0) is 23.3. The first-order chi connectivity index (χ1) is 15.8. The molecule has 0 bridgehead atoms. The molecule has 2 aromatic heterocycles. The van der Waals surface area contributed by atoms with Gasteiger partial charge in [-0.1, -0.05) is 55.2 Å². The molecule has 0 amide bonds. The summed E-state index contributed by atoms with van der Waals surface area (Å²) in [6.07, 6.45) is 2.03. The van der Waals surface area contributed by atoms with Crippen molar-refractivity contribution in [1.29, 1.82) is 5.26 Å². The van der Waals surface area contributed by atoms with Crippen LogP contribution in [-0.2, 0) is 7.05 Å². The minimum Gasteiger partial charge on any atom is -0.455 e. The Morgan fingerprint density at radius 2 is 1.64 bits per heavy atom. The summed E-state index contributed by atoms with van der Waals surface area (Å²) in [7, 11) is 0.691. The largest absolute Gasteiger partial charge is 0.455 e. The van der Waals surface area contributed by atoms with Crippen LogP contribution < -0.4 is 9.75 Å². The van der Waals surface area contributed by atoms with Crippen LogP contribution in [0.5, 0.6) is 0 Å². The number of benzene rings is 3. The van der Waals surface area contributed by atoms with Crippen molar-refractivity contribution >= 4 is 35.2 Å². The molecule has 0 saturated heterocycles. The zero-order valence-corrected chi connectivity index (χ0v) is 20.7. The predicted molar refractivity (Wildman–Crippen MR) is 138 cm³/mol. The Morgan fingerprint density at radius 3 is 2.30 bits per heavy atom. The molecule has 5 aromatic rings. The van der Waals surface area contributed by atoms with Gasteiger partial charge < -0.3 is 4.42 Å². The Hall–Kier alpha value is -3.68. The SMILES string of the molecule is Cc1cc(C#N)c2c(oc3ccc(-c4ccc([Si](C)(C)C)cc4)cc32)c1-c1cccc[n+]1C. The van der Waals surface area contributed by atoms with Crippen LogP contribution in [0.4, 0.5) is 0 Å². The Balaban J connectivity index is 1.76. The van der Waals surface area contributed by atoms with E-state index in [-0.39, 0.29) is 0 Å². The van der Waals surface area contributed by atoms with Gasteiger partial charge >= 0.3 is 0 Å². The third kappa shape index (κ3) is 3.55. The van der Waals surface area contributed by atoms with E-state index in [4.69, 9.17) is 4.42 Å². The number of pyridine rings is 1. The molecule has 3 nitrogen and oxygen atoms in total. The molecule has 0 saturated carbocycles.